The van der Waals surface area contributed by atoms with E-state index in [9.17, 15) is 4.39 Å². The van der Waals surface area contributed by atoms with Crippen LogP contribution < -0.4 is 14.8 Å². The first kappa shape index (κ1) is 17.1. The number of hydrogen-bond donors (Lipinski definition) is 1. The van der Waals surface area contributed by atoms with Crippen LogP contribution in [-0.4, -0.2) is 32.5 Å². The molecule has 0 bridgehead atoms. The summed E-state index contributed by atoms with van der Waals surface area (Å²) in [6.07, 6.45) is 5.11. The van der Waals surface area contributed by atoms with Crippen LogP contribution >= 0.6 is 0 Å². The third-order valence-corrected chi connectivity index (χ3v) is 4.26. The Hall–Kier alpha value is -1.75. The number of methoxy groups -OCH3 is 1. The molecule has 1 aliphatic heterocycles. The number of ether oxygens (including phenoxy) is 3. The Labute approximate surface area is 143 Å². The van der Waals surface area contributed by atoms with Gasteiger partial charge in [-0.3, -0.25) is 0 Å². The first-order valence-electron chi connectivity index (χ1n) is 8.69. The van der Waals surface area contributed by atoms with E-state index in [0.29, 0.717) is 30.9 Å². The van der Waals surface area contributed by atoms with Gasteiger partial charge in [0.15, 0.2) is 11.6 Å². The summed E-state index contributed by atoms with van der Waals surface area (Å²) in [6, 6.07) is 3.69. The molecule has 24 heavy (non-hydrogen) atoms. The number of benzene rings is 1. The van der Waals surface area contributed by atoms with Gasteiger partial charge in [0.2, 0.25) is 0 Å². The molecule has 0 saturated heterocycles. The van der Waals surface area contributed by atoms with E-state index in [4.69, 9.17) is 14.2 Å². The minimum absolute atomic E-state index is 0.0226. The highest BCUT2D eigenvalue weighted by atomic mass is 19.1. The molecule has 1 saturated carbocycles. The minimum Gasteiger partial charge on any atom is -0.490 e. The van der Waals surface area contributed by atoms with E-state index < -0.39 is 0 Å². The molecule has 2 aliphatic rings. The van der Waals surface area contributed by atoms with Crippen molar-refractivity contribution in [3.8, 4) is 11.5 Å². The van der Waals surface area contributed by atoms with Gasteiger partial charge in [-0.2, -0.15) is 0 Å². The predicted molar refractivity (Wildman–Crippen MR) is 91.8 cm³/mol. The molecule has 132 valence electrons. The number of halogens is 1. The van der Waals surface area contributed by atoms with Crippen LogP contribution in [0.5, 0.6) is 11.5 Å². The molecule has 1 unspecified atom stereocenters. The Kier molecular flexibility index (Phi) is 5.29. The largest absolute Gasteiger partial charge is 0.490 e. The lowest BCUT2D eigenvalue weighted by Gasteiger charge is -2.29. The Morgan fingerprint density at radius 3 is 2.75 bits per heavy atom. The lowest BCUT2D eigenvalue weighted by Crippen LogP contribution is -2.28. The number of fused-ring (bicyclic) bond motifs is 1. The van der Waals surface area contributed by atoms with Crippen LogP contribution in [0.4, 0.5) is 4.39 Å². The van der Waals surface area contributed by atoms with E-state index in [1.165, 1.54) is 18.9 Å². The van der Waals surface area contributed by atoms with Crippen molar-refractivity contribution in [2.45, 2.75) is 45.3 Å². The van der Waals surface area contributed by atoms with Crippen molar-refractivity contribution in [3.05, 3.63) is 29.6 Å². The van der Waals surface area contributed by atoms with Crippen LogP contribution in [0.3, 0.4) is 0 Å². The quantitative estimate of drug-likeness (QED) is 0.735. The highest BCUT2D eigenvalue weighted by molar-refractivity contribution is 5.73. The normalized spacial score (nSPS) is 19.5. The third kappa shape index (κ3) is 4.01. The summed E-state index contributed by atoms with van der Waals surface area (Å²) >= 11 is 0. The molecule has 5 heteroatoms. The Morgan fingerprint density at radius 1 is 1.29 bits per heavy atom. The molecule has 1 aliphatic carbocycles. The molecule has 4 nitrogen and oxygen atoms in total. The van der Waals surface area contributed by atoms with Crippen molar-refractivity contribution in [1.82, 2.24) is 5.32 Å². The van der Waals surface area contributed by atoms with E-state index in [-0.39, 0.29) is 17.7 Å². The average Bonchev–Trinajstić information content (AvgIpc) is 3.36. The fourth-order valence-electron chi connectivity index (χ4n) is 2.68. The zero-order chi connectivity index (χ0) is 17.1. The second-order valence-electron chi connectivity index (χ2n) is 6.80. The van der Waals surface area contributed by atoms with Gasteiger partial charge < -0.3 is 19.5 Å². The van der Waals surface area contributed by atoms with Crippen molar-refractivity contribution in [2.75, 3.05) is 20.3 Å². The van der Waals surface area contributed by atoms with Crippen LogP contribution in [0.25, 0.3) is 5.70 Å². The summed E-state index contributed by atoms with van der Waals surface area (Å²) in [6.45, 7) is 5.25. The summed E-state index contributed by atoms with van der Waals surface area (Å²) in [5.41, 5.74) is 1.75. The monoisotopic (exact) mass is 335 g/mol. The minimum atomic E-state index is -0.360. The summed E-state index contributed by atoms with van der Waals surface area (Å²) in [4.78, 5) is 0. The van der Waals surface area contributed by atoms with Crippen molar-refractivity contribution in [2.24, 2.45) is 5.92 Å². The van der Waals surface area contributed by atoms with Crippen molar-refractivity contribution in [3.63, 3.8) is 0 Å². The van der Waals surface area contributed by atoms with Gasteiger partial charge in [-0.1, -0.05) is 13.8 Å². The van der Waals surface area contributed by atoms with E-state index in [1.807, 2.05) is 0 Å². The van der Waals surface area contributed by atoms with Gasteiger partial charge in [0.05, 0.1) is 6.61 Å². The smallest absolute Gasteiger partial charge is 0.166 e. The van der Waals surface area contributed by atoms with Gasteiger partial charge in [0.1, 0.15) is 11.9 Å². The molecule has 1 heterocycles. The molecule has 0 spiro atoms. The van der Waals surface area contributed by atoms with E-state index in [2.05, 4.69) is 25.2 Å². The molecular weight excluding hydrogens is 309 g/mol. The Balaban J connectivity index is 1.81. The predicted octanol–water partition coefficient (Wildman–Crippen LogP) is 3.75. The number of nitrogens with one attached hydrogen (secondary N) is 1. The van der Waals surface area contributed by atoms with Crippen LogP contribution in [-0.2, 0) is 4.74 Å². The SMILES string of the molecule is COCCCOc1cc2c(cc1F)C(NC1CC1)=CC(C(C)C)O2. The molecule has 0 aromatic heterocycles. The van der Waals surface area contributed by atoms with Crippen LogP contribution in [0.1, 0.15) is 38.7 Å². The van der Waals surface area contributed by atoms with Crippen LogP contribution in [0.2, 0.25) is 0 Å². The zero-order valence-electron chi connectivity index (χ0n) is 14.6. The Bertz CT molecular complexity index is 611. The summed E-state index contributed by atoms with van der Waals surface area (Å²) in [7, 11) is 1.64. The Morgan fingerprint density at radius 2 is 2.08 bits per heavy atom. The zero-order valence-corrected chi connectivity index (χ0v) is 14.6. The van der Waals surface area contributed by atoms with Gasteiger partial charge in [0.25, 0.3) is 0 Å². The lowest BCUT2D eigenvalue weighted by molar-refractivity contribution is 0.169. The van der Waals surface area contributed by atoms with Gasteiger partial charge >= 0.3 is 0 Å². The second kappa shape index (κ2) is 7.43. The molecule has 1 aromatic carbocycles. The van der Waals surface area contributed by atoms with Crippen molar-refractivity contribution >= 4 is 5.70 Å². The molecule has 1 atom stereocenters. The maximum atomic E-state index is 14.4. The van der Waals surface area contributed by atoms with Crippen LogP contribution in [0.15, 0.2) is 18.2 Å². The number of rotatable bonds is 8. The standard InChI is InChI=1S/C19H26FNO3/c1-12(2)17-10-16(21-13-5-6-13)14-9-15(20)19(11-18(14)24-17)23-8-4-7-22-3/h9-13,17,21H,4-8H2,1-3H3. The maximum Gasteiger partial charge on any atom is 0.166 e. The summed E-state index contributed by atoms with van der Waals surface area (Å²) in [5, 5.41) is 3.50. The van der Waals surface area contributed by atoms with Gasteiger partial charge in [0, 0.05) is 43.5 Å². The molecule has 3 rings (SSSR count). The van der Waals surface area contributed by atoms with E-state index in [1.54, 1.807) is 13.2 Å². The summed E-state index contributed by atoms with van der Waals surface area (Å²) < 4.78 is 31.0. The average molecular weight is 335 g/mol. The maximum absolute atomic E-state index is 14.4. The number of hydrogen-bond acceptors (Lipinski definition) is 4. The highest BCUT2D eigenvalue weighted by Crippen LogP contribution is 2.38. The first-order valence-corrected chi connectivity index (χ1v) is 8.69. The van der Waals surface area contributed by atoms with Crippen molar-refractivity contribution < 1.29 is 18.6 Å². The molecular formula is C19H26FNO3. The van der Waals surface area contributed by atoms with Crippen molar-refractivity contribution in [1.29, 1.82) is 0 Å². The fourth-order valence-corrected chi connectivity index (χ4v) is 2.68. The topological polar surface area (TPSA) is 39.7 Å². The van der Waals surface area contributed by atoms with Crippen LogP contribution in [0, 0.1) is 11.7 Å². The molecule has 0 radical (unpaired) electrons. The first-order chi connectivity index (χ1) is 11.6. The molecule has 1 fully saturated rings. The lowest BCUT2D eigenvalue weighted by atomic mass is 9.99. The van der Waals surface area contributed by atoms with Gasteiger partial charge in [-0.05, 0) is 30.9 Å². The van der Waals surface area contributed by atoms with E-state index >= 15 is 0 Å². The van der Waals surface area contributed by atoms with E-state index in [0.717, 1.165) is 17.7 Å². The fraction of sp³-hybridized carbons (Fsp3) is 0.579. The molecule has 1 N–H and O–H groups in total. The third-order valence-electron chi connectivity index (χ3n) is 4.26. The summed E-state index contributed by atoms with van der Waals surface area (Å²) in [5.74, 6) is 0.897. The highest BCUT2D eigenvalue weighted by Gasteiger charge is 2.29. The molecule has 1 aromatic rings. The van der Waals surface area contributed by atoms with Gasteiger partial charge in [-0.25, -0.2) is 4.39 Å². The van der Waals surface area contributed by atoms with Gasteiger partial charge in [-0.15, -0.1) is 0 Å². The molecule has 0 amide bonds. The second-order valence-corrected chi connectivity index (χ2v) is 6.80.